The van der Waals surface area contributed by atoms with Crippen LogP contribution < -0.4 is 5.73 Å². The fourth-order valence-corrected chi connectivity index (χ4v) is 3.37. The predicted octanol–water partition coefficient (Wildman–Crippen LogP) is 2.44. The highest BCUT2D eigenvalue weighted by Gasteiger charge is 2.34. The van der Waals surface area contributed by atoms with Crippen LogP contribution in [0.3, 0.4) is 0 Å². The summed E-state index contributed by atoms with van der Waals surface area (Å²) in [7, 11) is 0. The highest BCUT2D eigenvalue weighted by atomic mass is 32.2. The number of carbonyl (C=O) groups excluding carboxylic acids is 2. The molecule has 1 fully saturated rings. The minimum atomic E-state index is -0.282. The standard InChI is InChI=1S/C13H17N3O2S2/c1-13(2,3)11-15-8(7-19-11)6-9-10(17)16(5-4-14)12(18)20-9/h6-7H,4-5,14H2,1-3H3/b9-6+. The molecule has 5 nitrogen and oxygen atoms in total. The summed E-state index contributed by atoms with van der Waals surface area (Å²) in [5, 5.41) is 2.64. The van der Waals surface area contributed by atoms with Crippen molar-refractivity contribution in [2.24, 2.45) is 5.73 Å². The molecular weight excluding hydrogens is 294 g/mol. The van der Waals surface area contributed by atoms with Crippen LogP contribution in [0.15, 0.2) is 10.3 Å². The molecule has 2 heterocycles. The fraction of sp³-hybridized carbons (Fsp3) is 0.462. The van der Waals surface area contributed by atoms with Gasteiger partial charge in [-0.15, -0.1) is 11.3 Å². The number of thioether (sulfide) groups is 1. The van der Waals surface area contributed by atoms with Gasteiger partial charge in [-0.25, -0.2) is 4.98 Å². The lowest BCUT2D eigenvalue weighted by molar-refractivity contribution is -0.122. The normalized spacial score (nSPS) is 18.4. The van der Waals surface area contributed by atoms with Crippen LogP contribution >= 0.6 is 23.1 Å². The summed E-state index contributed by atoms with van der Waals surface area (Å²) in [5.41, 5.74) is 6.10. The lowest BCUT2D eigenvalue weighted by atomic mass is 9.98. The smallest absolute Gasteiger partial charge is 0.293 e. The second-order valence-electron chi connectivity index (χ2n) is 5.45. The van der Waals surface area contributed by atoms with Crippen LogP contribution in [-0.2, 0) is 10.2 Å². The molecule has 0 aromatic carbocycles. The summed E-state index contributed by atoms with van der Waals surface area (Å²) in [6.07, 6.45) is 1.67. The maximum Gasteiger partial charge on any atom is 0.293 e. The number of amides is 2. The molecular formula is C13H17N3O2S2. The van der Waals surface area contributed by atoms with Gasteiger partial charge in [-0.05, 0) is 17.8 Å². The molecule has 2 N–H and O–H groups in total. The van der Waals surface area contributed by atoms with Gasteiger partial charge in [0.25, 0.3) is 11.1 Å². The van der Waals surface area contributed by atoms with E-state index in [2.05, 4.69) is 25.8 Å². The Morgan fingerprint density at radius 3 is 2.65 bits per heavy atom. The van der Waals surface area contributed by atoms with Gasteiger partial charge in [-0.1, -0.05) is 20.8 Å². The zero-order chi connectivity index (χ0) is 14.9. The number of nitrogens with zero attached hydrogens (tertiary/aromatic N) is 2. The van der Waals surface area contributed by atoms with Crippen molar-refractivity contribution in [3.05, 3.63) is 21.0 Å². The average molecular weight is 311 g/mol. The quantitative estimate of drug-likeness (QED) is 0.868. The number of hydrogen-bond acceptors (Lipinski definition) is 6. The maximum atomic E-state index is 12.0. The molecule has 0 atom stereocenters. The van der Waals surface area contributed by atoms with E-state index in [-0.39, 0.29) is 29.7 Å². The molecule has 0 bridgehead atoms. The number of thiazole rings is 1. The molecule has 0 saturated carbocycles. The number of rotatable bonds is 3. The van der Waals surface area contributed by atoms with E-state index < -0.39 is 0 Å². The van der Waals surface area contributed by atoms with E-state index in [0.29, 0.717) is 4.91 Å². The Kier molecular flexibility index (Phi) is 4.31. The molecule has 2 amide bonds. The van der Waals surface area contributed by atoms with E-state index in [1.54, 1.807) is 17.4 Å². The summed E-state index contributed by atoms with van der Waals surface area (Å²) in [5.74, 6) is -0.282. The molecule has 0 unspecified atom stereocenters. The Hall–Kier alpha value is -1.18. The van der Waals surface area contributed by atoms with E-state index in [1.165, 1.54) is 4.90 Å². The van der Waals surface area contributed by atoms with Crippen molar-refractivity contribution in [1.82, 2.24) is 9.88 Å². The predicted molar refractivity (Wildman–Crippen MR) is 82.5 cm³/mol. The molecule has 20 heavy (non-hydrogen) atoms. The molecule has 0 aliphatic carbocycles. The Morgan fingerprint density at radius 1 is 1.40 bits per heavy atom. The van der Waals surface area contributed by atoms with Gasteiger partial charge in [-0.3, -0.25) is 14.5 Å². The molecule has 1 aromatic heterocycles. The molecule has 1 aromatic rings. The zero-order valence-electron chi connectivity index (χ0n) is 11.7. The first-order chi connectivity index (χ1) is 9.32. The number of nitrogens with two attached hydrogens (primary N) is 1. The van der Waals surface area contributed by atoms with Crippen LogP contribution in [0.5, 0.6) is 0 Å². The minimum absolute atomic E-state index is 0.0182. The van der Waals surface area contributed by atoms with E-state index >= 15 is 0 Å². The van der Waals surface area contributed by atoms with E-state index in [4.69, 9.17) is 5.73 Å². The molecule has 108 valence electrons. The lowest BCUT2D eigenvalue weighted by Gasteiger charge is -2.13. The van der Waals surface area contributed by atoms with E-state index in [1.807, 2.05) is 5.38 Å². The van der Waals surface area contributed by atoms with Gasteiger partial charge in [-0.2, -0.15) is 0 Å². The third-order valence-electron chi connectivity index (χ3n) is 2.67. The highest BCUT2D eigenvalue weighted by molar-refractivity contribution is 8.18. The van der Waals surface area contributed by atoms with Crippen LogP contribution in [0.2, 0.25) is 0 Å². The molecule has 0 spiro atoms. The van der Waals surface area contributed by atoms with Crippen LogP contribution in [0.25, 0.3) is 6.08 Å². The average Bonchev–Trinajstić information content (AvgIpc) is 2.90. The van der Waals surface area contributed by atoms with Gasteiger partial charge in [0.05, 0.1) is 15.6 Å². The first-order valence-electron chi connectivity index (χ1n) is 6.24. The van der Waals surface area contributed by atoms with Crippen LogP contribution in [0.1, 0.15) is 31.5 Å². The summed E-state index contributed by atoms with van der Waals surface area (Å²) >= 11 is 2.50. The maximum absolute atomic E-state index is 12.0. The second-order valence-corrected chi connectivity index (χ2v) is 7.30. The molecule has 0 radical (unpaired) electrons. The summed E-state index contributed by atoms with van der Waals surface area (Å²) in [6.45, 7) is 6.79. The van der Waals surface area contributed by atoms with Gasteiger partial charge in [0.1, 0.15) is 0 Å². The molecule has 1 saturated heterocycles. The minimum Gasteiger partial charge on any atom is -0.329 e. The van der Waals surface area contributed by atoms with E-state index in [9.17, 15) is 9.59 Å². The summed E-state index contributed by atoms with van der Waals surface area (Å²) < 4.78 is 0. The van der Waals surface area contributed by atoms with Crippen molar-refractivity contribution in [1.29, 1.82) is 0 Å². The fourth-order valence-electron chi connectivity index (χ4n) is 1.65. The van der Waals surface area contributed by atoms with E-state index in [0.717, 1.165) is 22.5 Å². The van der Waals surface area contributed by atoms with Crippen molar-refractivity contribution in [3.8, 4) is 0 Å². The van der Waals surface area contributed by atoms with Crippen molar-refractivity contribution in [2.75, 3.05) is 13.1 Å². The van der Waals surface area contributed by atoms with Gasteiger partial charge in [0.15, 0.2) is 0 Å². The SMILES string of the molecule is CC(C)(C)c1nc(/C=C2/SC(=O)N(CCN)C2=O)cs1. The lowest BCUT2D eigenvalue weighted by Crippen LogP contribution is -2.33. The topological polar surface area (TPSA) is 76.3 Å². The molecule has 1 aliphatic heterocycles. The van der Waals surface area contributed by atoms with Crippen molar-refractivity contribution < 1.29 is 9.59 Å². The van der Waals surface area contributed by atoms with Gasteiger partial charge < -0.3 is 5.73 Å². The number of aromatic nitrogens is 1. The van der Waals surface area contributed by atoms with Crippen molar-refractivity contribution >= 4 is 40.3 Å². The Morgan fingerprint density at radius 2 is 2.10 bits per heavy atom. The van der Waals surface area contributed by atoms with Crippen LogP contribution in [-0.4, -0.2) is 34.1 Å². The summed E-state index contributed by atoms with van der Waals surface area (Å²) in [4.78, 5) is 29.8. The van der Waals surface area contributed by atoms with Gasteiger partial charge in [0.2, 0.25) is 0 Å². The first kappa shape index (κ1) is 15.2. The Balaban J connectivity index is 2.22. The molecule has 7 heteroatoms. The third kappa shape index (κ3) is 3.11. The second kappa shape index (κ2) is 5.67. The van der Waals surface area contributed by atoms with Crippen LogP contribution in [0, 0.1) is 0 Å². The van der Waals surface area contributed by atoms with Gasteiger partial charge >= 0.3 is 0 Å². The highest BCUT2D eigenvalue weighted by Crippen LogP contribution is 2.33. The Bertz CT molecular complexity index is 572. The third-order valence-corrected chi connectivity index (χ3v) is 4.86. The first-order valence-corrected chi connectivity index (χ1v) is 7.94. The Labute approximate surface area is 126 Å². The van der Waals surface area contributed by atoms with Gasteiger partial charge in [0, 0.05) is 23.9 Å². The molecule has 2 rings (SSSR count). The molecule has 1 aliphatic rings. The van der Waals surface area contributed by atoms with Crippen molar-refractivity contribution in [2.45, 2.75) is 26.2 Å². The van der Waals surface area contributed by atoms with Crippen LogP contribution in [0.4, 0.5) is 4.79 Å². The zero-order valence-corrected chi connectivity index (χ0v) is 13.3. The monoisotopic (exact) mass is 311 g/mol. The summed E-state index contributed by atoms with van der Waals surface area (Å²) in [6, 6.07) is 0. The number of imide groups is 1. The van der Waals surface area contributed by atoms with Crippen molar-refractivity contribution in [3.63, 3.8) is 0 Å². The number of hydrogen-bond donors (Lipinski definition) is 1. The number of carbonyl (C=O) groups is 2. The largest absolute Gasteiger partial charge is 0.329 e.